The molecule has 0 amide bonds. The summed E-state index contributed by atoms with van der Waals surface area (Å²) in [6, 6.07) is 5.08. The van der Waals surface area contributed by atoms with Crippen LogP contribution in [0.2, 0.25) is 0 Å². The molecule has 0 fully saturated rings. The molecular weight excluding hydrogens is 184 g/mol. The Morgan fingerprint density at radius 1 is 1.36 bits per heavy atom. The molecule has 1 nitrogen and oxygen atoms in total. The molecular formula is C11H15F2N. The van der Waals surface area contributed by atoms with E-state index in [4.69, 9.17) is 0 Å². The molecule has 1 N–H and O–H groups in total. The summed E-state index contributed by atoms with van der Waals surface area (Å²) in [4.78, 5) is 0. The molecule has 0 aliphatic heterocycles. The quantitative estimate of drug-likeness (QED) is 0.786. The Balaban J connectivity index is 2.91. The molecule has 0 heterocycles. The second-order valence-electron chi connectivity index (χ2n) is 3.36. The van der Waals surface area contributed by atoms with Gasteiger partial charge in [-0.05, 0) is 32.5 Å². The SMILES string of the molecule is CNCCc1cc(C)ccc1C(F)F. The highest BCUT2D eigenvalue weighted by molar-refractivity contribution is 5.32. The second kappa shape index (κ2) is 5.05. The lowest BCUT2D eigenvalue weighted by atomic mass is 10.0. The number of halogens is 2. The highest BCUT2D eigenvalue weighted by atomic mass is 19.3. The third-order valence-electron chi connectivity index (χ3n) is 2.18. The fraction of sp³-hybridized carbons (Fsp3) is 0.455. The van der Waals surface area contributed by atoms with Crippen LogP contribution in [0.5, 0.6) is 0 Å². The maximum Gasteiger partial charge on any atom is 0.264 e. The van der Waals surface area contributed by atoms with Crippen LogP contribution in [0.3, 0.4) is 0 Å². The minimum atomic E-state index is -2.37. The van der Waals surface area contributed by atoms with E-state index in [0.717, 1.165) is 17.7 Å². The Morgan fingerprint density at radius 2 is 2.07 bits per heavy atom. The molecule has 1 rings (SSSR count). The zero-order valence-corrected chi connectivity index (χ0v) is 8.48. The summed E-state index contributed by atoms with van der Waals surface area (Å²) < 4.78 is 25.1. The van der Waals surface area contributed by atoms with Gasteiger partial charge in [-0.1, -0.05) is 23.8 Å². The number of nitrogens with one attached hydrogen (secondary N) is 1. The van der Waals surface area contributed by atoms with Crippen LogP contribution in [0.1, 0.15) is 23.1 Å². The summed E-state index contributed by atoms with van der Waals surface area (Å²) in [5.41, 5.74) is 1.93. The lowest BCUT2D eigenvalue weighted by Crippen LogP contribution is -2.11. The lowest BCUT2D eigenvalue weighted by molar-refractivity contribution is 0.150. The van der Waals surface area contributed by atoms with Crippen molar-refractivity contribution < 1.29 is 8.78 Å². The Bertz CT molecular complexity index is 297. The van der Waals surface area contributed by atoms with E-state index in [9.17, 15) is 8.78 Å². The number of likely N-dealkylation sites (N-methyl/N-ethyl adjacent to an activating group) is 1. The monoisotopic (exact) mass is 199 g/mol. The summed E-state index contributed by atoms with van der Waals surface area (Å²) in [6.45, 7) is 2.64. The van der Waals surface area contributed by atoms with Crippen LogP contribution in [0, 0.1) is 6.92 Å². The van der Waals surface area contributed by atoms with Gasteiger partial charge in [0.05, 0.1) is 0 Å². The maximum absolute atomic E-state index is 12.6. The van der Waals surface area contributed by atoms with Crippen LogP contribution in [0.25, 0.3) is 0 Å². The minimum absolute atomic E-state index is 0.158. The van der Waals surface area contributed by atoms with Crippen LogP contribution in [-0.2, 0) is 6.42 Å². The number of aryl methyl sites for hydroxylation is 1. The maximum atomic E-state index is 12.6. The molecule has 1 aromatic rings. The van der Waals surface area contributed by atoms with Gasteiger partial charge in [0.15, 0.2) is 0 Å². The molecule has 0 aliphatic carbocycles. The van der Waals surface area contributed by atoms with Crippen molar-refractivity contribution >= 4 is 0 Å². The van der Waals surface area contributed by atoms with Gasteiger partial charge >= 0.3 is 0 Å². The molecule has 0 saturated heterocycles. The molecule has 0 aromatic heterocycles. The first kappa shape index (κ1) is 11.1. The minimum Gasteiger partial charge on any atom is -0.319 e. The number of hydrogen-bond donors (Lipinski definition) is 1. The van der Waals surface area contributed by atoms with Crippen molar-refractivity contribution in [2.75, 3.05) is 13.6 Å². The number of hydrogen-bond acceptors (Lipinski definition) is 1. The van der Waals surface area contributed by atoms with Gasteiger partial charge < -0.3 is 5.32 Å². The largest absolute Gasteiger partial charge is 0.319 e. The number of benzene rings is 1. The molecule has 3 heteroatoms. The second-order valence-corrected chi connectivity index (χ2v) is 3.36. The van der Waals surface area contributed by atoms with Crippen LogP contribution in [0.4, 0.5) is 8.78 Å². The zero-order valence-electron chi connectivity index (χ0n) is 8.48. The predicted octanol–water partition coefficient (Wildman–Crippen LogP) is 2.69. The first-order chi connectivity index (χ1) is 6.65. The van der Waals surface area contributed by atoms with Crippen molar-refractivity contribution in [3.8, 4) is 0 Å². The highest BCUT2D eigenvalue weighted by Crippen LogP contribution is 2.23. The fourth-order valence-electron chi connectivity index (χ4n) is 1.42. The Labute approximate surface area is 83.1 Å². The standard InChI is InChI=1S/C11H15F2N/c1-8-3-4-10(11(12)13)9(7-8)5-6-14-2/h3-4,7,11,14H,5-6H2,1-2H3. The van der Waals surface area contributed by atoms with Crippen LogP contribution < -0.4 is 5.32 Å². The van der Waals surface area contributed by atoms with Crippen molar-refractivity contribution in [3.63, 3.8) is 0 Å². The summed E-state index contributed by atoms with van der Waals surface area (Å²) in [5, 5.41) is 2.96. The first-order valence-electron chi connectivity index (χ1n) is 4.67. The van der Waals surface area contributed by atoms with E-state index < -0.39 is 6.43 Å². The van der Waals surface area contributed by atoms with Gasteiger partial charge in [0.2, 0.25) is 0 Å². The molecule has 0 saturated carbocycles. The van der Waals surface area contributed by atoms with Gasteiger partial charge in [0, 0.05) is 5.56 Å². The van der Waals surface area contributed by atoms with Crippen LogP contribution in [0.15, 0.2) is 18.2 Å². The molecule has 0 unspecified atom stereocenters. The summed E-state index contributed by atoms with van der Waals surface area (Å²) in [7, 11) is 1.82. The Morgan fingerprint density at radius 3 is 2.64 bits per heavy atom. The van der Waals surface area contributed by atoms with Crippen LogP contribution >= 0.6 is 0 Å². The van der Waals surface area contributed by atoms with Gasteiger partial charge in [-0.15, -0.1) is 0 Å². The van der Waals surface area contributed by atoms with E-state index in [-0.39, 0.29) is 5.56 Å². The topological polar surface area (TPSA) is 12.0 Å². The van der Waals surface area contributed by atoms with Crippen LogP contribution in [-0.4, -0.2) is 13.6 Å². The highest BCUT2D eigenvalue weighted by Gasteiger charge is 2.11. The van der Waals surface area contributed by atoms with Crippen molar-refractivity contribution in [1.82, 2.24) is 5.32 Å². The van der Waals surface area contributed by atoms with Gasteiger partial charge in [-0.2, -0.15) is 0 Å². The van der Waals surface area contributed by atoms with E-state index in [1.807, 2.05) is 20.0 Å². The average molecular weight is 199 g/mol. The van der Waals surface area contributed by atoms with E-state index in [1.165, 1.54) is 6.07 Å². The zero-order chi connectivity index (χ0) is 10.6. The lowest BCUT2D eigenvalue weighted by Gasteiger charge is -2.09. The molecule has 0 atom stereocenters. The van der Waals surface area contributed by atoms with E-state index in [2.05, 4.69) is 5.32 Å². The molecule has 0 aliphatic rings. The fourth-order valence-corrected chi connectivity index (χ4v) is 1.42. The third-order valence-corrected chi connectivity index (χ3v) is 2.18. The van der Waals surface area contributed by atoms with Gasteiger partial charge in [-0.25, -0.2) is 8.78 Å². The first-order valence-corrected chi connectivity index (χ1v) is 4.67. The molecule has 78 valence electrons. The molecule has 0 spiro atoms. The molecule has 0 radical (unpaired) electrons. The molecule has 1 aromatic carbocycles. The molecule has 0 bridgehead atoms. The van der Waals surface area contributed by atoms with Crippen molar-refractivity contribution in [3.05, 3.63) is 34.9 Å². The third kappa shape index (κ3) is 2.77. The Kier molecular flexibility index (Phi) is 4.01. The van der Waals surface area contributed by atoms with Crippen molar-refractivity contribution in [2.45, 2.75) is 19.8 Å². The normalized spacial score (nSPS) is 10.9. The van der Waals surface area contributed by atoms with E-state index in [0.29, 0.717) is 6.42 Å². The summed E-state index contributed by atoms with van der Waals surface area (Å²) in [5.74, 6) is 0. The summed E-state index contributed by atoms with van der Waals surface area (Å²) >= 11 is 0. The predicted molar refractivity (Wildman–Crippen MR) is 53.8 cm³/mol. The number of alkyl halides is 2. The molecule has 14 heavy (non-hydrogen) atoms. The van der Waals surface area contributed by atoms with Gasteiger partial charge in [0.25, 0.3) is 6.43 Å². The average Bonchev–Trinajstić information content (AvgIpc) is 2.14. The Hall–Kier alpha value is -0.960. The van der Waals surface area contributed by atoms with Gasteiger partial charge in [0.1, 0.15) is 0 Å². The number of rotatable bonds is 4. The van der Waals surface area contributed by atoms with E-state index >= 15 is 0 Å². The smallest absolute Gasteiger partial charge is 0.264 e. The van der Waals surface area contributed by atoms with E-state index in [1.54, 1.807) is 6.07 Å². The van der Waals surface area contributed by atoms with Crippen molar-refractivity contribution in [2.24, 2.45) is 0 Å². The van der Waals surface area contributed by atoms with Crippen molar-refractivity contribution in [1.29, 1.82) is 0 Å². The summed E-state index contributed by atoms with van der Waals surface area (Å²) in [6.07, 6.45) is -1.72. The van der Waals surface area contributed by atoms with Gasteiger partial charge in [-0.3, -0.25) is 0 Å².